The van der Waals surface area contributed by atoms with Gasteiger partial charge in [-0.1, -0.05) is 12.1 Å². The largest absolute Gasteiger partial charge is 0.437 e. The monoisotopic (exact) mass is 248 g/mol. The van der Waals surface area contributed by atoms with Gasteiger partial charge in [0.1, 0.15) is 5.75 Å². The Kier molecular flexibility index (Phi) is 3.59. The van der Waals surface area contributed by atoms with E-state index in [1.54, 1.807) is 12.1 Å². The summed E-state index contributed by atoms with van der Waals surface area (Å²) >= 11 is 5.64. The molecule has 1 heterocycles. The Morgan fingerprint density at radius 2 is 1.94 bits per heavy atom. The quantitative estimate of drug-likeness (QED) is 0.778. The Bertz CT molecular complexity index is 511. The molecule has 0 fully saturated rings. The molecular weight excluding hydrogens is 236 g/mol. The second-order valence-electron chi connectivity index (χ2n) is 3.87. The highest BCUT2D eigenvalue weighted by molar-refractivity contribution is 6.16. The van der Waals surface area contributed by atoms with Crippen molar-refractivity contribution in [2.75, 3.05) is 0 Å². The molecule has 1 aromatic heterocycles. The zero-order valence-corrected chi connectivity index (χ0v) is 10.5. The number of alkyl halides is 1. The first kappa shape index (κ1) is 11.9. The molecule has 0 aliphatic heterocycles. The molecule has 4 heteroatoms. The molecule has 88 valence electrons. The van der Waals surface area contributed by atoms with Gasteiger partial charge >= 0.3 is 0 Å². The molecule has 0 aliphatic rings. The van der Waals surface area contributed by atoms with Crippen LogP contribution in [0.2, 0.25) is 0 Å². The van der Waals surface area contributed by atoms with Gasteiger partial charge < -0.3 is 4.74 Å². The van der Waals surface area contributed by atoms with E-state index in [0.29, 0.717) is 11.8 Å². The van der Waals surface area contributed by atoms with Crippen molar-refractivity contribution < 1.29 is 4.74 Å². The van der Waals surface area contributed by atoms with Crippen LogP contribution in [-0.2, 0) is 5.88 Å². The Hall–Kier alpha value is -1.61. The molecule has 0 N–H and O–H groups in total. The summed E-state index contributed by atoms with van der Waals surface area (Å²) < 4.78 is 5.67. The summed E-state index contributed by atoms with van der Waals surface area (Å²) in [4.78, 5) is 0. The van der Waals surface area contributed by atoms with Crippen LogP contribution >= 0.6 is 11.6 Å². The Morgan fingerprint density at radius 1 is 1.12 bits per heavy atom. The second-order valence-corrected chi connectivity index (χ2v) is 4.13. The maximum atomic E-state index is 5.67. The second kappa shape index (κ2) is 5.15. The van der Waals surface area contributed by atoms with Gasteiger partial charge in [0, 0.05) is 6.07 Å². The summed E-state index contributed by atoms with van der Waals surface area (Å²) in [5.41, 5.74) is 2.95. The average molecular weight is 249 g/mol. The topological polar surface area (TPSA) is 35.0 Å². The van der Waals surface area contributed by atoms with Gasteiger partial charge in [-0.05, 0) is 37.1 Å². The fraction of sp³-hybridized carbons (Fsp3) is 0.231. The Labute approximate surface area is 105 Å². The maximum Gasteiger partial charge on any atom is 0.238 e. The van der Waals surface area contributed by atoms with Gasteiger partial charge in [0.25, 0.3) is 0 Å². The molecule has 0 radical (unpaired) electrons. The molecule has 0 unspecified atom stereocenters. The first-order valence-electron chi connectivity index (χ1n) is 5.32. The molecule has 0 amide bonds. The number of aromatic nitrogens is 2. The molecule has 0 bridgehead atoms. The smallest absolute Gasteiger partial charge is 0.238 e. The zero-order valence-electron chi connectivity index (χ0n) is 9.77. The molecule has 0 aliphatic carbocycles. The zero-order chi connectivity index (χ0) is 12.3. The highest BCUT2D eigenvalue weighted by atomic mass is 35.5. The van der Waals surface area contributed by atoms with Gasteiger partial charge in [0.15, 0.2) is 0 Å². The van der Waals surface area contributed by atoms with Crippen LogP contribution in [0.3, 0.4) is 0 Å². The number of rotatable bonds is 3. The summed E-state index contributed by atoms with van der Waals surface area (Å²) in [6.45, 7) is 4.02. The summed E-state index contributed by atoms with van der Waals surface area (Å²) in [5.74, 6) is 1.64. The van der Waals surface area contributed by atoms with Crippen molar-refractivity contribution in [1.29, 1.82) is 0 Å². The van der Waals surface area contributed by atoms with Crippen LogP contribution in [0.15, 0.2) is 30.3 Å². The Morgan fingerprint density at radius 3 is 2.59 bits per heavy atom. The van der Waals surface area contributed by atoms with E-state index in [9.17, 15) is 0 Å². The van der Waals surface area contributed by atoms with Gasteiger partial charge in [-0.2, -0.15) is 5.10 Å². The summed E-state index contributed by atoms with van der Waals surface area (Å²) in [5, 5.41) is 7.90. The molecule has 2 aromatic rings. The van der Waals surface area contributed by atoms with Crippen molar-refractivity contribution in [2.24, 2.45) is 0 Å². The Balaban J connectivity index is 2.22. The van der Waals surface area contributed by atoms with E-state index in [2.05, 4.69) is 10.2 Å². The third-order valence-corrected chi connectivity index (χ3v) is 2.66. The predicted octanol–water partition coefficient (Wildman–Crippen LogP) is 3.62. The highest BCUT2D eigenvalue weighted by Gasteiger charge is 2.03. The van der Waals surface area contributed by atoms with E-state index < -0.39 is 0 Å². The number of aryl methyl sites for hydroxylation is 2. The van der Waals surface area contributed by atoms with Crippen LogP contribution < -0.4 is 4.74 Å². The lowest BCUT2D eigenvalue weighted by atomic mass is 10.1. The van der Waals surface area contributed by atoms with Gasteiger partial charge in [0.2, 0.25) is 5.88 Å². The fourth-order valence-electron chi connectivity index (χ4n) is 1.40. The third kappa shape index (κ3) is 2.94. The number of hydrogen-bond donors (Lipinski definition) is 0. The van der Waals surface area contributed by atoms with E-state index in [1.807, 2.05) is 32.0 Å². The van der Waals surface area contributed by atoms with Gasteiger partial charge in [0.05, 0.1) is 11.6 Å². The average Bonchev–Trinajstić information content (AvgIpc) is 2.35. The fourth-order valence-corrected chi connectivity index (χ4v) is 1.55. The summed E-state index contributed by atoms with van der Waals surface area (Å²) in [7, 11) is 0. The minimum absolute atomic E-state index is 0.358. The normalized spacial score (nSPS) is 10.3. The van der Waals surface area contributed by atoms with Crippen LogP contribution in [0.25, 0.3) is 0 Å². The molecule has 0 spiro atoms. The van der Waals surface area contributed by atoms with Crippen LogP contribution in [0.4, 0.5) is 0 Å². The van der Waals surface area contributed by atoms with E-state index in [-0.39, 0.29) is 0 Å². The first-order valence-corrected chi connectivity index (χ1v) is 5.86. The van der Waals surface area contributed by atoms with E-state index in [1.165, 1.54) is 0 Å². The number of nitrogens with zero attached hydrogens (tertiary/aromatic N) is 2. The highest BCUT2D eigenvalue weighted by Crippen LogP contribution is 2.24. The number of ether oxygens (including phenoxy) is 1. The number of halogens is 1. The molecule has 0 atom stereocenters. The molecule has 0 saturated heterocycles. The van der Waals surface area contributed by atoms with Crippen molar-refractivity contribution in [3.63, 3.8) is 0 Å². The van der Waals surface area contributed by atoms with Gasteiger partial charge in [-0.25, -0.2) is 0 Å². The van der Waals surface area contributed by atoms with Gasteiger partial charge in [-0.15, -0.1) is 16.7 Å². The molecule has 1 aromatic carbocycles. The predicted molar refractivity (Wildman–Crippen MR) is 67.6 cm³/mol. The number of benzene rings is 1. The van der Waals surface area contributed by atoms with E-state index >= 15 is 0 Å². The summed E-state index contributed by atoms with van der Waals surface area (Å²) in [6.07, 6.45) is 0. The minimum atomic E-state index is 0.358. The van der Waals surface area contributed by atoms with Crippen LogP contribution in [0.1, 0.15) is 16.8 Å². The van der Waals surface area contributed by atoms with Crippen LogP contribution in [-0.4, -0.2) is 10.2 Å². The van der Waals surface area contributed by atoms with Crippen molar-refractivity contribution in [2.45, 2.75) is 19.7 Å². The lowest BCUT2D eigenvalue weighted by molar-refractivity contribution is 0.450. The van der Waals surface area contributed by atoms with Crippen molar-refractivity contribution >= 4 is 11.6 Å². The van der Waals surface area contributed by atoms with Crippen LogP contribution in [0, 0.1) is 13.8 Å². The lowest BCUT2D eigenvalue weighted by Gasteiger charge is -2.08. The lowest BCUT2D eigenvalue weighted by Crippen LogP contribution is -1.94. The van der Waals surface area contributed by atoms with Crippen molar-refractivity contribution in [1.82, 2.24) is 10.2 Å². The first-order chi connectivity index (χ1) is 8.19. The number of hydrogen-bond acceptors (Lipinski definition) is 3. The SMILES string of the molecule is Cc1ccc(C)c(Oc2ccc(CCl)nn2)c1. The maximum absolute atomic E-state index is 5.67. The molecule has 2 rings (SSSR count). The van der Waals surface area contributed by atoms with Crippen LogP contribution in [0.5, 0.6) is 11.6 Å². The molecule has 0 saturated carbocycles. The molecule has 17 heavy (non-hydrogen) atoms. The summed E-state index contributed by atoms with van der Waals surface area (Å²) in [6, 6.07) is 9.62. The van der Waals surface area contributed by atoms with E-state index in [4.69, 9.17) is 16.3 Å². The van der Waals surface area contributed by atoms with Gasteiger partial charge in [-0.3, -0.25) is 0 Å². The third-order valence-electron chi connectivity index (χ3n) is 2.39. The standard InChI is InChI=1S/C13H13ClN2O/c1-9-3-4-10(2)12(7-9)17-13-6-5-11(8-14)15-16-13/h3-7H,8H2,1-2H3. The van der Waals surface area contributed by atoms with E-state index in [0.717, 1.165) is 22.6 Å². The molecular formula is C13H13ClN2O. The van der Waals surface area contributed by atoms with Crippen molar-refractivity contribution in [3.8, 4) is 11.6 Å². The van der Waals surface area contributed by atoms with Crippen molar-refractivity contribution in [3.05, 3.63) is 47.2 Å². The minimum Gasteiger partial charge on any atom is -0.437 e. The molecule has 3 nitrogen and oxygen atoms in total.